The molecule has 0 N–H and O–H groups in total. The number of carboxylic acid groups (broad SMARTS) is 2. The van der Waals surface area contributed by atoms with E-state index in [1.54, 1.807) is 0 Å². The summed E-state index contributed by atoms with van der Waals surface area (Å²) in [6, 6.07) is 0. The van der Waals surface area contributed by atoms with Gasteiger partial charge in [-0.25, -0.2) is 0 Å². The van der Waals surface area contributed by atoms with Crippen molar-refractivity contribution >= 4 is 22.2 Å². The van der Waals surface area contributed by atoms with Crippen molar-refractivity contribution in [2.24, 2.45) is 5.92 Å². The summed E-state index contributed by atoms with van der Waals surface area (Å²) in [7, 11) is -0.779. The minimum atomic E-state index is -1.10. The second-order valence-corrected chi connectivity index (χ2v) is 5.35. The maximum atomic E-state index is 10.5. The molecule has 0 aromatic carbocycles. The Labute approximate surface area is 100 Å². The van der Waals surface area contributed by atoms with Crippen LogP contribution in [0.5, 0.6) is 0 Å². The predicted molar refractivity (Wildman–Crippen MR) is 38.1 cm³/mol. The molecule has 1 heterocycles. The third kappa shape index (κ3) is 1.75. The summed E-state index contributed by atoms with van der Waals surface area (Å²) in [4.78, 5) is 20.9. The van der Waals surface area contributed by atoms with Crippen LogP contribution in [-0.2, 0) is 15.7 Å². The molecule has 0 aromatic heterocycles. The molecule has 0 amide bonds. The number of rotatable bonds is 1. The summed E-state index contributed by atoms with van der Waals surface area (Å²) >= 11 is 0. The van der Waals surface area contributed by atoms with Gasteiger partial charge in [0.25, 0.3) is 5.30 Å². The molecule has 0 radical (unpaired) electrons. The standard InChI is InChI=1S/C7H8O4S.Na/c8-6(9)3-1-2-4-5(3)12(4)7(10)11;/h3-5H,1-2H2,(H-,8,9,10,11);/q;+1/p-1. The Hall–Kier alpha value is 0.290. The van der Waals surface area contributed by atoms with Crippen molar-refractivity contribution in [1.29, 1.82) is 0 Å². The summed E-state index contributed by atoms with van der Waals surface area (Å²) in [5, 5.41) is 19.8. The zero-order chi connectivity index (χ0) is 8.88. The van der Waals surface area contributed by atoms with E-state index in [2.05, 4.69) is 0 Å². The van der Waals surface area contributed by atoms with Crippen LogP contribution in [0.1, 0.15) is 12.8 Å². The Morgan fingerprint density at radius 3 is 2.23 bits per heavy atom. The minimum absolute atomic E-state index is 0. The summed E-state index contributed by atoms with van der Waals surface area (Å²) in [5.74, 6) is -1.63. The van der Waals surface area contributed by atoms with Gasteiger partial charge >= 0.3 is 29.6 Å². The first kappa shape index (κ1) is 11.4. The Morgan fingerprint density at radius 1 is 1.23 bits per heavy atom. The topological polar surface area (TPSA) is 80.3 Å². The number of carbonyl (C=O) groups is 2. The predicted octanol–water partition coefficient (Wildman–Crippen LogP) is -5.14. The second-order valence-electron chi connectivity index (χ2n) is 3.13. The third-order valence-electron chi connectivity index (χ3n) is 2.56. The molecule has 66 valence electrons. The Morgan fingerprint density at radius 2 is 1.85 bits per heavy atom. The van der Waals surface area contributed by atoms with E-state index in [0.717, 1.165) is 0 Å². The van der Waals surface area contributed by atoms with Crippen molar-refractivity contribution in [2.45, 2.75) is 23.3 Å². The van der Waals surface area contributed by atoms with Crippen LogP contribution in [0.3, 0.4) is 0 Å². The summed E-state index contributed by atoms with van der Waals surface area (Å²) in [5.41, 5.74) is 0. The van der Waals surface area contributed by atoms with Gasteiger partial charge < -0.3 is 19.8 Å². The molecular formula is C7H7NaO4S. The SMILES string of the molecule is O=C([O-])C1CCC2C1[S+]2C(=O)[O-].[Na+]. The molecule has 1 aliphatic carbocycles. The average molecular weight is 210 g/mol. The molecule has 2 fully saturated rings. The van der Waals surface area contributed by atoms with Gasteiger partial charge in [0, 0.05) is 12.4 Å². The molecule has 4 nitrogen and oxygen atoms in total. The summed E-state index contributed by atoms with van der Waals surface area (Å²) in [6.07, 6.45) is 1.29. The first-order valence-corrected chi connectivity index (χ1v) is 5.11. The van der Waals surface area contributed by atoms with E-state index >= 15 is 0 Å². The molecule has 6 heteroatoms. The third-order valence-corrected chi connectivity index (χ3v) is 5.06. The van der Waals surface area contributed by atoms with Crippen molar-refractivity contribution in [3.63, 3.8) is 0 Å². The van der Waals surface area contributed by atoms with E-state index in [1.165, 1.54) is 0 Å². The molecule has 13 heavy (non-hydrogen) atoms. The summed E-state index contributed by atoms with van der Waals surface area (Å²) < 4.78 is 0. The quantitative estimate of drug-likeness (QED) is 0.246. The van der Waals surface area contributed by atoms with Crippen LogP contribution in [0.25, 0.3) is 0 Å². The number of fused-ring (bicyclic) bond motifs is 1. The van der Waals surface area contributed by atoms with E-state index in [9.17, 15) is 19.8 Å². The normalized spacial score (nSPS) is 40.3. The largest absolute Gasteiger partial charge is 1.00 e. The first-order chi connectivity index (χ1) is 5.63. The van der Waals surface area contributed by atoms with Gasteiger partial charge in [0.2, 0.25) is 0 Å². The molecule has 4 atom stereocenters. The molecule has 1 saturated heterocycles. The molecule has 0 aromatic rings. The minimum Gasteiger partial charge on any atom is -0.550 e. The molecule has 2 aliphatic rings. The van der Waals surface area contributed by atoms with E-state index in [4.69, 9.17) is 0 Å². The van der Waals surface area contributed by atoms with Gasteiger partial charge in [0.05, 0.1) is 16.8 Å². The van der Waals surface area contributed by atoms with Crippen LogP contribution in [-0.4, -0.2) is 21.8 Å². The van der Waals surface area contributed by atoms with Gasteiger partial charge in [-0.15, -0.1) is 0 Å². The van der Waals surface area contributed by atoms with Gasteiger partial charge in [-0.2, -0.15) is 0 Å². The smallest absolute Gasteiger partial charge is 0.550 e. The Balaban J connectivity index is 0.000000845. The molecule has 4 unspecified atom stereocenters. The van der Waals surface area contributed by atoms with Gasteiger partial charge in [-0.05, 0) is 6.42 Å². The molecule has 0 bridgehead atoms. The molecule has 2 rings (SSSR count). The fraction of sp³-hybridized carbons (Fsp3) is 0.714. The van der Waals surface area contributed by atoms with Crippen molar-refractivity contribution in [2.75, 3.05) is 0 Å². The fourth-order valence-electron chi connectivity index (χ4n) is 1.99. The van der Waals surface area contributed by atoms with Crippen LogP contribution in [0, 0.1) is 5.92 Å². The van der Waals surface area contributed by atoms with Gasteiger partial charge in [0.15, 0.2) is 10.5 Å². The monoisotopic (exact) mass is 210 g/mol. The second kappa shape index (κ2) is 3.81. The van der Waals surface area contributed by atoms with Crippen LogP contribution in [0.15, 0.2) is 0 Å². The maximum absolute atomic E-state index is 10.5. The number of carboxylic acids is 1. The van der Waals surface area contributed by atoms with Crippen LogP contribution in [0.4, 0.5) is 4.79 Å². The van der Waals surface area contributed by atoms with Gasteiger partial charge in [0.1, 0.15) is 0 Å². The van der Waals surface area contributed by atoms with E-state index in [0.29, 0.717) is 12.8 Å². The van der Waals surface area contributed by atoms with Crippen molar-refractivity contribution < 1.29 is 49.4 Å². The molecule has 0 spiro atoms. The zero-order valence-corrected chi connectivity index (χ0v) is 10.0. The Kier molecular flexibility index (Phi) is 3.33. The van der Waals surface area contributed by atoms with Crippen LogP contribution >= 0.6 is 0 Å². The van der Waals surface area contributed by atoms with Crippen LogP contribution in [0.2, 0.25) is 0 Å². The number of hydrogen-bond donors (Lipinski definition) is 0. The zero-order valence-electron chi connectivity index (χ0n) is 7.19. The molecule has 1 saturated carbocycles. The maximum Gasteiger partial charge on any atom is 1.00 e. The van der Waals surface area contributed by atoms with E-state index in [-0.39, 0.29) is 40.1 Å². The first-order valence-electron chi connectivity index (χ1n) is 3.76. The Bertz CT molecular complexity index is 257. The van der Waals surface area contributed by atoms with Gasteiger partial charge in [-0.1, -0.05) is 0 Å². The van der Waals surface area contributed by atoms with E-state index < -0.39 is 28.1 Å². The number of hydrogen-bond acceptors (Lipinski definition) is 4. The van der Waals surface area contributed by atoms with Crippen molar-refractivity contribution in [3.05, 3.63) is 0 Å². The number of carbonyl (C=O) groups excluding carboxylic acids is 2. The summed E-state index contributed by atoms with van der Waals surface area (Å²) in [6.45, 7) is 0. The van der Waals surface area contributed by atoms with Crippen molar-refractivity contribution in [1.82, 2.24) is 0 Å². The number of aliphatic carboxylic acids is 1. The van der Waals surface area contributed by atoms with E-state index in [1.807, 2.05) is 0 Å². The van der Waals surface area contributed by atoms with Crippen molar-refractivity contribution in [3.8, 4) is 0 Å². The fourth-order valence-corrected chi connectivity index (χ4v) is 4.49. The van der Waals surface area contributed by atoms with Gasteiger partial charge in [-0.3, -0.25) is 0 Å². The molecular weight excluding hydrogens is 203 g/mol. The molecule has 1 aliphatic heterocycles. The van der Waals surface area contributed by atoms with Crippen LogP contribution < -0.4 is 39.8 Å². The average Bonchev–Trinajstić information content (AvgIpc) is 2.52.